The second-order valence-electron chi connectivity index (χ2n) is 3.25. The summed E-state index contributed by atoms with van der Waals surface area (Å²) in [7, 11) is 3.24. The molecule has 2 atom stereocenters. The van der Waals surface area contributed by atoms with Crippen LogP contribution >= 0.6 is 0 Å². The zero-order chi connectivity index (χ0) is 10.3. The monoisotopic (exact) mass is 187 g/mol. The number of hydrogen-bond acceptors (Lipinski definition) is 3. The number of carbonyl (C=O) groups excluding carboxylic acids is 1. The number of hydrogen-bond donors (Lipinski definition) is 1. The minimum atomic E-state index is -0.150. The Bertz CT molecular complexity index is 148. The average molecular weight is 187 g/mol. The first-order valence-corrected chi connectivity index (χ1v) is 4.96. The van der Waals surface area contributed by atoms with Crippen LogP contribution in [0.5, 0.6) is 0 Å². The van der Waals surface area contributed by atoms with Crippen LogP contribution in [0.1, 0.15) is 33.1 Å². The van der Waals surface area contributed by atoms with Crippen molar-refractivity contribution < 1.29 is 9.53 Å². The van der Waals surface area contributed by atoms with Gasteiger partial charge in [-0.1, -0.05) is 26.7 Å². The van der Waals surface area contributed by atoms with Gasteiger partial charge in [-0.2, -0.15) is 0 Å². The predicted octanol–water partition coefficient (Wildman–Crippen LogP) is 1.57. The molecule has 13 heavy (non-hydrogen) atoms. The molecule has 2 unspecified atom stereocenters. The van der Waals surface area contributed by atoms with Gasteiger partial charge in [-0.05, 0) is 19.4 Å². The normalized spacial score (nSPS) is 15.1. The summed E-state index contributed by atoms with van der Waals surface area (Å²) in [5, 5.41) is 3.01. The molecule has 3 heteroatoms. The maximum Gasteiger partial charge on any atom is 0.323 e. The maximum absolute atomic E-state index is 11.3. The lowest BCUT2D eigenvalue weighted by Crippen LogP contribution is -2.41. The topological polar surface area (TPSA) is 38.3 Å². The molecule has 0 aliphatic carbocycles. The third-order valence-corrected chi connectivity index (χ3v) is 2.42. The molecular weight excluding hydrogens is 166 g/mol. The van der Waals surface area contributed by atoms with Crippen LogP contribution in [0.15, 0.2) is 0 Å². The van der Waals surface area contributed by atoms with E-state index in [0.29, 0.717) is 5.92 Å². The molecule has 0 heterocycles. The van der Waals surface area contributed by atoms with E-state index in [9.17, 15) is 4.79 Å². The minimum Gasteiger partial charge on any atom is -0.468 e. The maximum atomic E-state index is 11.3. The molecule has 0 aliphatic rings. The zero-order valence-electron chi connectivity index (χ0n) is 9.09. The fraction of sp³-hybridized carbons (Fsp3) is 0.900. The van der Waals surface area contributed by atoms with E-state index in [1.807, 2.05) is 0 Å². The van der Waals surface area contributed by atoms with Crippen molar-refractivity contribution in [1.29, 1.82) is 0 Å². The highest BCUT2D eigenvalue weighted by molar-refractivity contribution is 5.75. The molecule has 0 amide bonds. The first-order chi connectivity index (χ1) is 6.21. The molecule has 0 radical (unpaired) electrons. The quantitative estimate of drug-likeness (QED) is 0.641. The zero-order valence-corrected chi connectivity index (χ0v) is 9.09. The third-order valence-electron chi connectivity index (χ3n) is 2.42. The predicted molar refractivity (Wildman–Crippen MR) is 53.6 cm³/mol. The lowest BCUT2D eigenvalue weighted by atomic mass is 9.92. The minimum absolute atomic E-state index is 0.144. The van der Waals surface area contributed by atoms with Gasteiger partial charge in [0.25, 0.3) is 0 Å². The van der Waals surface area contributed by atoms with E-state index in [-0.39, 0.29) is 12.0 Å². The first-order valence-electron chi connectivity index (χ1n) is 4.96. The Labute approximate surface area is 80.8 Å². The SMILES string of the molecule is CCCC(CC)C(NC)C(=O)OC. The number of methoxy groups -OCH3 is 1. The van der Waals surface area contributed by atoms with Gasteiger partial charge in [0.15, 0.2) is 0 Å². The summed E-state index contributed by atoms with van der Waals surface area (Å²) in [6, 6.07) is -0.144. The van der Waals surface area contributed by atoms with E-state index in [4.69, 9.17) is 4.74 Å². The van der Waals surface area contributed by atoms with Crippen LogP contribution in [-0.4, -0.2) is 26.2 Å². The van der Waals surface area contributed by atoms with Crippen molar-refractivity contribution in [3.8, 4) is 0 Å². The van der Waals surface area contributed by atoms with Gasteiger partial charge >= 0.3 is 5.97 Å². The molecule has 3 nitrogen and oxygen atoms in total. The summed E-state index contributed by atoms with van der Waals surface area (Å²) in [6.07, 6.45) is 3.18. The van der Waals surface area contributed by atoms with Gasteiger partial charge in [0.1, 0.15) is 6.04 Å². The molecule has 0 aliphatic heterocycles. The van der Waals surface area contributed by atoms with Crippen LogP contribution in [0.3, 0.4) is 0 Å². The second-order valence-corrected chi connectivity index (χ2v) is 3.25. The number of carbonyl (C=O) groups is 1. The molecule has 1 N–H and O–H groups in total. The van der Waals surface area contributed by atoms with Gasteiger partial charge in [0, 0.05) is 0 Å². The van der Waals surface area contributed by atoms with Gasteiger partial charge in [-0.3, -0.25) is 4.79 Å². The van der Waals surface area contributed by atoms with Gasteiger partial charge in [0.2, 0.25) is 0 Å². The highest BCUT2D eigenvalue weighted by Crippen LogP contribution is 2.16. The summed E-state index contributed by atoms with van der Waals surface area (Å²) in [6.45, 7) is 4.24. The summed E-state index contributed by atoms with van der Waals surface area (Å²) in [5.41, 5.74) is 0. The Balaban J connectivity index is 4.23. The van der Waals surface area contributed by atoms with Crippen molar-refractivity contribution >= 4 is 5.97 Å². The Hall–Kier alpha value is -0.570. The summed E-state index contributed by atoms with van der Waals surface area (Å²) in [4.78, 5) is 11.3. The smallest absolute Gasteiger partial charge is 0.323 e. The highest BCUT2D eigenvalue weighted by Gasteiger charge is 2.25. The molecule has 0 aromatic rings. The molecule has 0 aromatic carbocycles. The molecular formula is C10H21NO2. The number of likely N-dealkylation sites (N-methyl/N-ethyl adjacent to an activating group) is 1. The van der Waals surface area contributed by atoms with Crippen molar-refractivity contribution in [3.63, 3.8) is 0 Å². The summed E-state index contributed by atoms with van der Waals surface area (Å²) >= 11 is 0. The van der Waals surface area contributed by atoms with Crippen LogP contribution in [-0.2, 0) is 9.53 Å². The number of rotatable bonds is 6. The Morgan fingerprint density at radius 2 is 2.08 bits per heavy atom. The van der Waals surface area contributed by atoms with Crippen molar-refractivity contribution in [2.75, 3.05) is 14.2 Å². The third kappa shape index (κ3) is 3.77. The van der Waals surface area contributed by atoms with Crippen LogP contribution < -0.4 is 5.32 Å². The van der Waals surface area contributed by atoms with Crippen molar-refractivity contribution in [1.82, 2.24) is 5.32 Å². The van der Waals surface area contributed by atoms with Gasteiger partial charge in [0.05, 0.1) is 7.11 Å². The molecule has 0 aromatic heterocycles. The van der Waals surface area contributed by atoms with E-state index < -0.39 is 0 Å². The standard InChI is InChI=1S/C10H21NO2/c1-5-7-8(6-2)9(11-3)10(12)13-4/h8-9,11H,5-7H2,1-4H3. The first kappa shape index (κ1) is 12.4. The van der Waals surface area contributed by atoms with Crippen molar-refractivity contribution in [2.24, 2.45) is 5.92 Å². The molecule has 0 bridgehead atoms. The number of nitrogens with one attached hydrogen (secondary N) is 1. The van der Waals surface area contributed by atoms with Crippen molar-refractivity contribution in [2.45, 2.75) is 39.2 Å². The van der Waals surface area contributed by atoms with Gasteiger partial charge in [-0.15, -0.1) is 0 Å². The van der Waals surface area contributed by atoms with Crippen LogP contribution in [0, 0.1) is 5.92 Å². The van der Waals surface area contributed by atoms with Gasteiger partial charge < -0.3 is 10.1 Å². The molecule has 0 rings (SSSR count). The van der Waals surface area contributed by atoms with E-state index >= 15 is 0 Å². The van der Waals surface area contributed by atoms with Crippen LogP contribution in [0.25, 0.3) is 0 Å². The van der Waals surface area contributed by atoms with E-state index in [2.05, 4.69) is 19.2 Å². The summed E-state index contributed by atoms with van der Waals surface area (Å²) < 4.78 is 4.73. The molecule has 0 saturated heterocycles. The number of esters is 1. The van der Waals surface area contributed by atoms with Gasteiger partial charge in [-0.25, -0.2) is 0 Å². The lowest BCUT2D eigenvalue weighted by molar-refractivity contribution is -0.144. The second kappa shape index (κ2) is 6.89. The largest absolute Gasteiger partial charge is 0.468 e. The molecule has 0 fully saturated rings. The fourth-order valence-corrected chi connectivity index (χ4v) is 1.65. The van der Waals surface area contributed by atoms with Crippen LogP contribution in [0.4, 0.5) is 0 Å². The number of ether oxygens (including phenoxy) is 1. The average Bonchev–Trinajstić information content (AvgIpc) is 2.17. The highest BCUT2D eigenvalue weighted by atomic mass is 16.5. The van der Waals surface area contributed by atoms with Crippen molar-refractivity contribution in [3.05, 3.63) is 0 Å². The Morgan fingerprint density at radius 3 is 2.38 bits per heavy atom. The van der Waals surface area contributed by atoms with Crippen LogP contribution in [0.2, 0.25) is 0 Å². The molecule has 0 saturated carbocycles. The van der Waals surface area contributed by atoms with E-state index in [0.717, 1.165) is 19.3 Å². The molecule has 78 valence electrons. The Kier molecular flexibility index (Phi) is 6.59. The fourth-order valence-electron chi connectivity index (χ4n) is 1.65. The summed E-state index contributed by atoms with van der Waals surface area (Å²) in [5.74, 6) is 0.241. The Morgan fingerprint density at radius 1 is 1.46 bits per heavy atom. The van der Waals surface area contributed by atoms with E-state index in [1.165, 1.54) is 7.11 Å². The molecule has 0 spiro atoms. The lowest BCUT2D eigenvalue weighted by Gasteiger charge is -2.22. The van der Waals surface area contributed by atoms with E-state index in [1.54, 1.807) is 7.05 Å².